The number of nitrogens with one attached hydrogen (secondary N) is 1. The normalized spacial score (nSPS) is 16.3. The maximum atomic E-state index is 12.7. The largest absolute Gasteiger partial charge is 0.438 e. The lowest BCUT2D eigenvalue weighted by Gasteiger charge is -2.35. The lowest BCUT2D eigenvalue weighted by Crippen LogP contribution is -2.45. The average Bonchev–Trinajstić information content (AvgIpc) is 2.49. The van der Waals surface area contributed by atoms with Gasteiger partial charge in [-0.15, -0.1) is 0 Å². The molecule has 0 aromatic carbocycles. The van der Waals surface area contributed by atoms with Gasteiger partial charge >= 0.3 is 6.09 Å². The molecule has 1 aliphatic carbocycles. The van der Waals surface area contributed by atoms with Crippen molar-refractivity contribution in [1.82, 2.24) is 10.2 Å². The molecule has 0 saturated heterocycles. The molecule has 1 aliphatic rings. The molecule has 0 unspecified atom stereocenters. The fourth-order valence-electron chi connectivity index (χ4n) is 3.41. The summed E-state index contributed by atoms with van der Waals surface area (Å²) in [5, 5.41) is 3.10. The predicted molar refractivity (Wildman–Crippen MR) is 102 cm³/mol. The first kappa shape index (κ1) is 22.1. The van der Waals surface area contributed by atoms with Gasteiger partial charge in [-0.05, 0) is 47.1 Å². The second-order valence-corrected chi connectivity index (χ2v) is 8.34. The number of nitrogens with zero attached hydrogens (tertiary/aromatic N) is 1. The Morgan fingerprint density at radius 1 is 1.00 bits per heavy atom. The van der Waals surface area contributed by atoms with Gasteiger partial charge in [-0.2, -0.15) is 0 Å². The summed E-state index contributed by atoms with van der Waals surface area (Å²) < 4.78 is 5.65. The maximum Gasteiger partial charge on any atom is 0.410 e. The highest BCUT2D eigenvalue weighted by Crippen LogP contribution is 2.33. The first-order valence-corrected chi connectivity index (χ1v) is 8.82. The number of ketones is 2. The molecule has 6 heteroatoms. The van der Waals surface area contributed by atoms with Gasteiger partial charge in [0.2, 0.25) is 0 Å². The monoisotopic (exact) mass is 364 g/mol. The number of hydrogen-bond acceptors (Lipinski definition) is 5. The van der Waals surface area contributed by atoms with Gasteiger partial charge in [-0.3, -0.25) is 9.59 Å². The fraction of sp³-hybridized carbons (Fsp3) is 0.650. The third-order valence-corrected chi connectivity index (χ3v) is 4.76. The number of hydrogen-bond donors (Lipinski definition) is 1. The van der Waals surface area contributed by atoms with E-state index in [1.165, 1.54) is 4.90 Å². The standard InChI is InChI=1S/C20H32N2O4/c1-12-13(2)17(24)15(14(3)16(12)23)20(6,7)26-18(25)22(9)11-19(4,5)10-21-8/h21H,10-11H2,1-9H3. The number of rotatable bonds is 6. The fourth-order valence-corrected chi connectivity index (χ4v) is 3.41. The van der Waals surface area contributed by atoms with Gasteiger partial charge in [0, 0.05) is 42.4 Å². The van der Waals surface area contributed by atoms with E-state index in [1.807, 2.05) is 20.9 Å². The van der Waals surface area contributed by atoms with Gasteiger partial charge in [-0.1, -0.05) is 13.8 Å². The molecule has 0 aromatic rings. The number of carbonyl (C=O) groups is 3. The van der Waals surface area contributed by atoms with Crippen molar-refractivity contribution in [3.63, 3.8) is 0 Å². The molecule has 1 N–H and O–H groups in total. The topological polar surface area (TPSA) is 75.7 Å². The first-order valence-electron chi connectivity index (χ1n) is 8.82. The van der Waals surface area contributed by atoms with E-state index in [0.29, 0.717) is 23.3 Å². The Labute approximate surface area is 156 Å². The number of Topliss-reactive ketones (excluding diaryl/α,β-unsaturated/α-hetero) is 2. The van der Waals surface area contributed by atoms with E-state index in [0.717, 1.165) is 6.54 Å². The molecule has 0 aliphatic heterocycles. The number of amides is 1. The van der Waals surface area contributed by atoms with E-state index in [-0.39, 0.29) is 22.6 Å². The summed E-state index contributed by atoms with van der Waals surface area (Å²) in [5.74, 6) is -0.416. The van der Waals surface area contributed by atoms with Gasteiger partial charge in [0.25, 0.3) is 0 Å². The van der Waals surface area contributed by atoms with Gasteiger partial charge in [-0.25, -0.2) is 4.79 Å². The van der Waals surface area contributed by atoms with E-state index in [1.54, 1.807) is 41.7 Å². The van der Waals surface area contributed by atoms with Gasteiger partial charge in [0.1, 0.15) is 5.60 Å². The van der Waals surface area contributed by atoms with Gasteiger partial charge in [0.05, 0.1) is 0 Å². The van der Waals surface area contributed by atoms with Crippen LogP contribution in [0.2, 0.25) is 0 Å². The second-order valence-electron chi connectivity index (χ2n) is 8.34. The summed E-state index contributed by atoms with van der Waals surface area (Å²) in [6, 6.07) is 0. The van der Waals surface area contributed by atoms with Crippen molar-refractivity contribution in [3.8, 4) is 0 Å². The van der Waals surface area contributed by atoms with Gasteiger partial charge in [0.15, 0.2) is 11.6 Å². The molecule has 1 rings (SSSR count). The molecule has 0 aromatic heterocycles. The Kier molecular flexibility index (Phi) is 6.58. The average molecular weight is 364 g/mol. The van der Waals surface area contributed by atoms with Crippen molar-refractivity contribution in [1.29, 1.82) is 0 Å². The smallest absolute Gasteiger partial charge is 0.410 e. The third-order valence-electron chi connectivity index (χ3n) is 4.76. The molecule has 146 valence electrons. The van der Waals surface area contributed by atoms with E-state index in [9.17, 15) is 14.4 Å². The SMILES string of the molecule is CNCC(C)(C)CN(C)C(=O)OC(C)(C)C1=C(C)C(=O)C(C)=C(C)C1=O. The second kappa shape index (κ2) is 7.74. The summed E-state index contributed by atoms with van der Waals surface area (Å²) in [6.45, 7) is 13.5. The molecule has 0 bridgehead atoms. The molecule has 1 amide bonds. The van der Waals surface area contributed by atoms with Gasteiger partial charge < -0.3 is 15.0 Å². The number of ether oxygens (including phenoxy) is 1. The maximum absolute atomic E-state index is 12.7. The Bertz CT molecular complexity index is 684. The minimum atomic E-state index is -1.20. The molecule has 0 fully saturated rings. The van der Waals surface area contributed by atoms with Crippen LogP contribution in [0.15, 0.2) is 22.3 Å². The first-order chi connectivity index (χ1) is 11.7. The van der Waals surface area contributed by atoms with E-state index in [4.69, 9.17) is 4.74 Å². The molecule has 0 spiro atoms. The molecule has 26 heavy (non-hydrogen) atoms. The van der Waals surface area contributed by atoms with Crippen LogP contribution in [0.1, 0.15) is 48.5 Å². The van der Waals surface area contributed by atoms with Crippen LogP contribution in [0.5, 0.6) is 0 Å². The minimum Gasteiger partial charge on any atom is -0.438 e. The van der Waals surface area contributed by atoms with Crippen LogP contribution in [0, 0.1) is 5.41 Å². The minimum absolute atomic E-state index is 0.130. The van der Waals surface area contributed by atoms with E-state index in [2.05, 4.69) is 5.32 Å². The van der Waals surface area contributed by atoms with Crippen molar-refractivity contribution in [2.45, 2.75) is 54.1 Å². The summed E-state index contributed by atoms with van der Waals surface area (Å²) in [4.78, 5) is 39.2. The molecule has 0 atom stereocenters. The van der Waals surface area contributed by atoms with Crippen LogP contribution in [0.25, 0.3) is 0 Å². The van der Waals surface area contributed by atoms with E-state index < -0.39 is 11.7 Å². The lowest BCUT2D eigenvalue weighted by molar-refractivity contribution is -0.118. The third kappa shape index (κ3) is 4.61. The van der Waals surface area contributed by atoms with Crippen LogP contribution < -0.4 is 5.32 Å². The van der Waals surface area contributed by atoms with Crippen molar-refractivity contribution in [2.75, 3.05) is 27.2 Å². The Morgan fingerprint density at radius 3 is 2.00 bits per heavy atom. The zero-order valence-electron chi connectivity index (χ0n) is 17.5. The van der Waals surface area contributed by atoms with Crippen molar-refractivity contribution in [3.05, 3.63) is 22.3 Å². The Morgan fingerprint density at radius 2 is 1.50 bits per heavy atom. The summed E-state index contributed by atoms with van der Waals surface area (Å²) in [5.41, 5.74) is 0.120. The van der Waals surface area contributed by atoms with Crippen LogP contribution in [-0.2, 0) is 14.3 Å². The molecule has 0 radical (unpaired) electrons. The molecule has 0 heterocycles. The number of carbonyl (C=O) groups excluding carboxylic acids is 3. The Hall–Kier alpha value is -1.95. The van der Waals surface area contributed by atoms with Crippen molar-refractivity contribution in [2.24, 2.45) is 5.41 Å². The molecule has 0 saturated carbocycles. The number of allylic oxidation sites excluding steroid dienone is 3. The lowest BCUT2D eigenvalue weighted by atomic mass is 9.79. The van der Waals surface area contributed by atoms with Crippen LogP contribution >= 0.6 is 0 Å². The molecular formula is C20H32N2O4. The zero-order chi connectivity index (χ0) is 20.4. The van der Waals surface area contributed by atoms with Crippen molar-refractivity contribution >= 4 is 17.7 Å². The molecule has 6 nitrogen and oxygen atoms in total. The Balaban J connectivity index is 3.03. The van der Waals surface area contributed by atoms with Crippen LogP contribution in [0.3, 0.4) is 0 Å². The molecular weight excluding hydrogens is 332 g/mol. The quantitative estimate of drug-likeness (QED) is 0.734. The van der Waals surface area contributed by atoms with Crippen molar-refractivity contribution < 1.29 is 19.1 Å². The highest BCUT2D eigenvalue weighted by Gasteiger charge is 2.40. The summed E-state index contributed by atoms with van der Waals surface area (Å²) in [7, 11) is 3.53. The van der Waals surface area contributed by atoms with E-state index >= 15 is 0 Å². The van der Waals surface area contributed by atoms with Crippen LogP contribution in [-0.4, -0.2) is 55.3 Å². The summed E-state index contributed by atoms with van der Waals surface area (Å²) >= 11 is 0. The highest BCUT2D eigenvalue weighted by molar-refractivity contribution is 6.25. The zero-order valence-corrected chi connectivity index (χ0v) is 17.5. The van der Waals surface area contributed by atoms with Crippen LogP contribution in [0.4, 0.5) is 4.79 Å². The highest BCUT2D eigenvalue weighted by atomic mass is 16.6. The summed E-state index contributed by atoms with van der Waals surface area (Å²) in [6.07, 6.45) is -0.524. The predicted octanol–water partition coefficient (Wildman–Crippen LogP) is 2.88.